The summed E-state index contributed by atoms with van der Waals surface area (Å²) >= 11 is 6.08. The lowest BCUT2D eigenvalue weighted by atomic mass is 9.91. The third kappa shape index (κ3) is 5.05. The number of pyridine rings is 2. The Kier molecular flexibility index (Phi) is 6.43. The molecule has 0 saturated carbocycles. The van der Waals surface area contributed by atoms with E-state index in [9.17, 15) is 14.3 Å². The molecule has 0 aliphatic rings. The van der Waals surface area contributed by atoms with E-state index >= 15 is 0 Å². The molecule has 6 nitrogen and oxygen atoms in total. The van der Waals surface area contributed by atoms with Gasteiger partial charge in [0.2, 0.25) is 0 Å². The third-order valence-corrected chi connectivity index (χ3v) is 6.66. The van der Waals surface area contributed by atoms with Crippen molar-refractivity contribution in [3.8, 4) is 0 Å². The van der Waals surface area contributed by atoms with Gasteiger partial charge in [-0.05, 0) is 62.2 Å². The molecular weight excluding hydrogens is 491 g/mol. The highest BCUT2D eigenvalue weighted by Gasteiger charge is 2.21. The zero-order chi connectivity index (χ0) is 26.3. The average molecular weight is 517 g/mol. The number of aromatic amines is 1. The third-order valence-electron chi connectivity index (χ3n) is 6.36. The van der Waals surface area contributed by atoms with Crippen molar-refractivity contribution in [3.63, 3.8) is 0 Å². The summed E-state index contributed by atoms with van der Waals surface area (Å²) in [5.74, 6) is -0.790. The summed E-state index contributed by atoms with van der Waals surface area (Å²) in [6.45, 7) is 5.47. The van der Waals surface area contributed by atoms with E-state index in [1.54, 1.807) is 50.5 Å². The predicted molar refractivity (Wildman–Crippen MR) is 143 cm³/mol. The van der Waals surface area contributed by atoms with E-state index in [-0.39, 0.29) is 12.5 Å². The monoisotopic (exact) mass is 516 g/mol. The van der Waals surface area contributed by atoms with Crippen molar-refractivity contribution in [1.82, 2.24) is 20.3 Å². The molecule has 0 fully saturated rings. The molecule has 3 aromatic heterocycles. The van der Waals surface area contributed by atoms with Crippen molar-refractivity contribution >= 4 is 39.3 Å². The number of aryl methyl sites for hydroxylation is 1. The molecule has 0 unspecified atom stereocenters. The highest BCUT2D eigenvalue weighted by Crippen LogP contribution is 2.30. The fourth-order valence-corrected chi connectivity index (χ4v) is 4.76. The number of halogens is 2. The van der Waals surface area contributed by atoms with Crippen molar-refractivity contribution in [2.24, 2.45) is 0 Å². The van der Waals surface area contributed by atoms with Crippen molar-refractivity contribution in [2.75, 3.05) is 0 Å². The number of nitrogens with one attached hydrogen (secondary N) is 2. The van der Waals surface area contributed by atoms with Crippen LogP contribution in [0.25, 0.3) is 21.8 Å². The van der Waals surface area contributed by atoms with Crippen LogP contribution in [0, 0.1) is 12.7 Å². The van der Waals surface area contributed by atoms with Crippen molar-refractivity contribution < 1.29 is 14.3 Å². The molecule has 37 heavy (non-hydrogen) atoms. The number of aliphatic hydroxyl groups is 1. The smallest absolute Gasteiger partial charge is 0.251 e. The van der Waals surface area contributed by atoms with Crippen molar-refractivity contribution in [3.05, 3.63) is 105 Å². The molecular formula is C29H26ClFN4O2. The van der Waals surface area contributed by atoms with Gasteiger partial charge in [-0.3, -0.25) is 14.8 Å². The molecule has 0 aliphatic heterocycles. The molecule has 8 heteroatoms. The first-order chi connectivity index (χ1) is 17.6. The summed E-state index contributed by atoms with van der Waals surface area (Å²) in [7, 11) is 0. The van der Waals surface area contributed by atoms with E-state index in [1.165, 1.54) is 6.20 Å². The van der Waals surface area contributed by atoms with Crippen molar-refractivity contribution in [1.29, 1.82) is 0 Å². The Labute approximate surface area is 218 Å². The number of benzene rings is 2. The summed E-state index contributed by atoms with van der Waals surface area (Å²) < 4.78 is 14.9. The summed E-state index contributed by atoms with van der Waals surface area (Å²) in [6, 6.07) is 12.7. The Balaban J connectivity index is 1.37. The second kappa shape index (κ2) is 9.57. The van der Waals surface area contributed by atoms with Crippen LogP contribution in [-0.2, 0) is 18.6 Å². The molecule has 0 spiro atoms. The minimum absolute atomic E-state index is 0.0196. The topological polar surface area (TPSA) is 90.9 Å². The molecule has 0 atom stereocenters. The van der Waals surface area contributed by atoms with E-state index < -0.39 is 11.4 Å². The lowest BCUT2D eigenvalue weighted by Crippen LogP contribution is -2.23. The molecule has 3 heterocycles. The van der Waals surface area contributed by atoms with E-state index in [2.05, 4.69) is 20.3 Å². The molecule has 5 aromatic rings. The van der Waals surface area contributed by atoms with Gasteiger partial charge in [0.15, 0.2) is 0 Å². The maximum absolute atomic E-state index is 14.9. The molecule has 0 aliphatic carbocycles. The average Bonchev–Trinajstić information content (AvgIpc) is 3.23. The van der Waals surface area contributed by atoms with Crippen LogP contribution in [0.2, 0.25) is 5.02 Å². The van der Waals surface area contributed by atoms with Crippen molar-refractivity contribution in [2.45, 2.75) is 39.3 Å². The highest BCUT2D eigenvalue weighted by molar-refractivity contribution is 6.35. The van der Waals surface area contributed by atoms with E-state index in [0.717, 1.165) is 27.6 Å². The first-order valence-electron chi connectivity index (χ1n) is 11.9. The fourth-order valence-electron chi connectivity index (χ4n) is 4.52. The maximum Gasteiger partial charge on any atom is 0.251 e. The number of amides is 1. The first kappa shape index (κ1) is 24.9. The van der Waals surface area contributed by atoms with Crippen LogP contribution in [-0.4, -0.2) is 26.0 Å². The van der Waals surface area contributed by atoms with Gasteiger partial charge in [-0.15, -0.1) is 0 Å². The number of H-pyrrole nitrogens is 1. The molecule has 3 N–H and O–H groups in total. The number of hydrogen-bond acceptors (Lipinski definition) is 4. The van der Waals surface area contributed by atoms with Gasteiger partial charge in [-0.1, -0.05) is 23.7 Å². The first-order valence-corrected chi connectivity index (χ1v) is 12.3. The van der Waals surface area contributed by atoms with E-state index in [4.69, 9.17) is 11.6 Å². The van der Waals surface area contributed by atoms with Crippen LogP contribution in [0.1, 0.15) is 52.2 Å². The van der Waals surface area contributed by atoms with Crippen LogP contribution in [0.5, 0.6) is 0 Å². The van der Waals surface area contributed by atoms with Crippen LogP contribution in [0.3, 0.4) is 0 Å². The van der Waals surface area contributed by atoms with Gasteiger partial charge in [-0.2, -0.15) is 0 Å². The number of fused-ring (bicyclic) bond motifs is 2. The largest absolute Gasteiger partial charge is 0.386 e. The molecule has 2 aromatic carbocycles. The molecule has 188 valence electrons. The van der Waals surface area contributed by atoms with Crippen LogP contribution in [0.4, 0.5) is 4.39 Å². The Morgan fingerprint density at radius 2 is 1.97 bits per heavy atom. The number of hydrogen-bond donors (Lipinski definition) is 3. The number of rotatable bonds is 6. The van der Waals surface area contributed by atoms with Crippen LogP contribution < -0.4 is 5.32 Å². The molecule has 0 bridgehead atoms. The lowest BCUT2D eigenvalue weighted by molar-refractivity contribution is 0.0799. The Morgan fingerprint density at radius 1 is 1.16 bits per heavy atom. The summed E-state index contributed by atoms with van der Waals surface area (Å²) in [5, 5.41) is 15.1. The summed E-state index contributed by atoms with van der Waals surface area (Å²) in [5.41, 5.74) is 4.45. The highest BCUT2D eigenvalue weighted by atomic mass is 35.5. The van der Waals surface area contributed by atoms with Gasteiger partial charge in [0, 0.05) is 64.8 Å². The van der Waals surface area contributed by atoms with E-state index in [0.29, 0.717) is 39.2 Å². The predicted octanol–water partition coefficient (Wildman–Crippen LogP) is 5.96. The van der Waals surface area contributed by atoms with Gasteiger partial charge >= 0.3 is 0 Å². The number of carbonyl (C=O) groups excluding carboxylic acids is 1. The number of aromatic nitrogens is 3. The minimum atomic E-state index is -1.07. The van der Waals surface area contributed by atoms with Gasteiger partial charge in [0.1, 0.15) is 5.82 Å². The molecule has 0 radical (unpaired) electrons. The molecule has 1 amide bonds. The SMILES string of the molecule is Cc1cnc2c(C(C)(C)O)cc(Cc3cc(C(=O)NCc4ccc5[nH]cc(Cl)c5c4F)ccn3)cc2c1. The second-order valence-corrected chi connectivity index (χ2v) is 10.2. The Morgan fingerprint density at radius 3 is 2.76 bits per heavy atom. The molecule has 5 rings (SSSR count). The summed E-state index contributed by atoms with van der Waals surface area (Å²) in [4.78, 5) is 24.8. The van der Waals surface area contributed by atoms with Gasteiger partial charge in [0.05, 0.1) is 21.5 Å². The number of nitrogens with zero attached hydrogens (tertiary/aromatic N) is 2. The van der Waals surface area contributed by atoms with E-state index in [1.807, 2.05) is 25.1 Å². The minimum Gasteiger partial charge on any atom is -0.386 e. The number of carbonyl (C=O) groups is 1. The fraction of sp³-hybridized carbons (Fsp3) is 0.207. The molecule has 0 saturated heterocycles. The lowest BCUT2D eigenvalue weighted by Gasteiger charge is -2.21. The van der Waals surface area contributed by atoms with Crippen LogP contribution in [0.15, 0.2) is 61.1 Å². The summed E-state index contributed by atoms with van der Waals surface area (Å²) in [6.07, 6.45) is 5.37. The van der Waals surface area contributed by atoms with Gasteiger partial charge in [0.25, 0.3) is 5.91 Å². The zero-order valence-corrected chi connectivity index (χ0v) is 21.4. The quantitative estimate of drug-likeness (QED) is 0.260. The van der Waals surface area contributed by atoms with Gasteiger partial charge in [-0.25, -0.2) is 4.39 Å². The van der Waals surface area contributed by atoms with Gasteiger partial charge < -0.3 is 15.4 Å². The zero-order valence-electron chi connectivity index (χ0n) is 20.7. The second-order valence-electron chi connectivity index (χ2n) is 9.78. The maximum atomic E-state index is 14.9. The normalized spacial score (nSPS) is 11.8. The standard InChI is InChI=1S/C29H26ClFN4O2/c1-16-8-20-9-17(11-22(29(2,3)37)27(20)34-13-16)10-21-12-18(6-7-32-21)28(36)35-14-19-4-5-24-25(26(19)31)23(30)15-33-24/h4-9,11-13,15,33,37H,10,14H2,1-3H3,(H,35,36). The Hall–Kier alpha value is -3.81. The van der Waals surface area contributed by atoms with Crippen LogP contribution >= 0.6 is 11.6 Å². The Bertz CT molecular complexity index is 1660.